The Morgan fingerprint density at radius 2 is 1.95 bits per heavy atom. The molecule has 1 aromatic carbocycles. The Bertz CT molecular complexity index is 421. The van der Waals surface area contributed by atoms with Crippen LogP contribution < -0.4 is 10.1 Å². The number of benzene rings is 1. The maximum absolute atomic E-state index is 12.0. The fourth-order valence-corrected chi connectivity index (χ4v) is 2.22. The Hall–Kier alpha value is -1.51. The van der Waals surface area contributed by atoms with Crippen LogP contribution in [0.25, 0.3) is 0 Å². The second-order valence-corrected chi connectivity index (χ2v) is 5.74. The lowest BCUT2D eigenvalue weighted by Gasteiger charge is -2.21. The highest BCUT2D eigenvalue weighted by molar-refractivity contribution is 5.81. The molecule has 1 N–H and O–H groups in total. The van der Waals surface area contributed by atoms with Crippen molar-refractivity contribution in [3.8, 4) is 5.75 Å². The van der Waals surface area contributed by atoms with Crippen LogP contribution in [0.3, 0.4) is 0 Å². The normalized spacial score (nSPS) is 16.2. The number of carbonyl (C=O) groups is 1. The fraction of sp³-hybridized carbons (Fsp3) is 0.562. The van der Waals surface area contributed by atoms with Gasteiger partial charge in [0.1, 0.15) is 5.75 Å². The molecule has 3 heteroatoms. The van der Waals surface area contributed by atoms with E-state index in [9.17, 15) is 4.79 Å². The summed E-state index contributed by atoms with van der Waals surface area (Å²) in [6.07, 6.45) is 3.05. The molecule has 0 unspecified atom stereocenters. The van der Waals surface area contributed by atoms with Crippen LogP contribution in [0.1, 0.15) is 44.7 Å². The molecular weight excluding hydrogens is 238 g/mol. The minimum atomic E-state index is 0.110. The summed E-state index contributed by atoms with van der Waals surface area (Å²) in [5.41, 5.74) is 1.16. The van der Waals surface area contributed by atoms with Crippen molar-refractivity contribution in [3.05, 3.63) is 29.8 Å². The number of amides is 1. The third-order valence-corrected chi connectivity index (χ3v) is 3.49. The van der Waals surface area contributed by atoms with Crippen LogP contribution in [-0.2, 0) is 4.79 Å². The summed E-state index contributed by atoms with van der Waals surface area (Å²) in [6, 6.07) is 8.09. The molecule has 0 radical (unpaired) electrons. The van der Waals surface area contributed by atoms with Crippen molar-refractivity contribution >= 4 is 5.91 Å². The van der Waals surface area contributed by atoms with Gasteiger partial charge in [0.25, 0.3) is 0 Å². The van der Waals surface area contributed by atoms with Crippen LogP contribution >= 0.6 is 0 Å². The Morgan fingerprint density at radius 3 is 2.42 bits per heavy atom. The molecule has 1 aromatic rings. The second kappa shape index (κ2) is 6.09. The van der Waals surface area contributed by atoms with Crippen molar-refractivity contribution in [2.75, 3.05) is 7.11 Å². The first-order chi connectivity index (χ1) is 9.10. The number of carbonyl (C=O) groups excluding carboxylic acids is 1. The number of hydrogen-bond acceptors (Lipinski definition) is 2. The van der Waals surface area contributed by atoms with E-state index in [-0.39, 0.29) is 17.9 Å². The van der Waals surface area contributed by atoms with Crippen molar-refractivity contribution in [1.29, 1.82) is 0 Å². The van der Waals surface area contributed by atoms with E-state index in [2.05, 4.69) is 19.2 Å². The molecule has 0 saturated heterocycles. The van der Waals surface area contributed by atoms with Gasteiger partial charge in [0, 0.05) is 5.92 Å². The van der Waals surface area contributed by atoms with E-state index in [1.165, 1.54) is 0 Å². The maximum Gasteiger partial charge on any atom is 0.223 e. The molecule has 1 aliphatic carbocycles. The van der Waals surface area contributed by atoms with E-state index in [0.29, 0.717) is 5.92 Å². The molecule has 2 rings (SSSR count). The topological polar surface area (TPSA) is 38.3 Å². The zero-order valence-electron chi connectivity index (χ0n) is 12.0. The van der Waals surface area contributed by atoms with Gasteiger partial charge in [-0.25, -0.2) is 0 Å². The summed E-state index contributed by atoms with van der Waals surface area (Å²) in [7, 11) is 1.66. The van der Waals surface area contributed by atoms with Gasteiger partial charge in [-0.3, -0.25) is 4.79 Å². The van der Waals surface area contributed by atoms with Crippen molar-refractivity contribution < 1.29 is 9.53 Å². The predicted octanol–water partition coefficient (Wildman–Crippen LogP) is 3.31. The quantitative estimate of drug-likeness (QED) is 0.853. The van der Waals surface area contributed by atoms with Crippen LogP contribution in [0.4, 0.5) is 0 Å². The maximum atomic E-state index is 12.0. The van der Waals surface area contributed by atoms with E-state index in [1.807, 2.05) is 24.3 Å². The van der Waals surface area contributed by atoms with Gasteiger partial charge in [0.2, 0.25) is 5.91 Å². The summed E-state index contributed by atoms with van der Waals surface area (Å²) in [4.78, 5) is 12.0. The van der Waals surface area contributed by atoms with Gasteiger partial charge >= 0.3 is 0 Å². The minimum Gasteiger partial charge on any atom is -0.497 e. The van der Waals surface area contributed by atoms with E-state index < -0.39 is 0 Å². The molecule has 19 heavy (non-hydrogen) atoms. The largest absolute Gasteiger partial charge is 0.497 e. The highest BCUT2D eigenvalue weighted by Gasteiger charge is 2.31. The van der Waals surface area contributed by atoms with Crippen LogP contribution in [0.2, 0.25) is 0 Å². The molecule has 0 spiro atoms. The van der Waals surface area contributed by atoms with E-state index in [4.69, 9.17) is 4.74 Å². The second-order valence-electron chi connectivity index (χ2n) is 5.74. The van der Waals surface area contributed by atoms with E-state index in [0.717, 1.165) is 30.6 Å². The number of nitrogens with one attached hydrogen (secondary N) is 1. The Morgan fingerprint density at radius 1 is 1.32 bits per heavy atom. The van der Waals surface area contributed by atoms with Crippen molar-refractivity contribution in [1.82, 2.24) is 5.32 Å². The summed E-state index contributed by atoms with van der Waals surface area (Å²) >= 11 is 0. The first-order valence-electron chi connectivity index (χ1n) is 7.04. The average molecular weight is 261 g/mol. The van der Waals surface area contributed by atoms with Gasteiger partial charge in [-0.05, 0) is 42.9 Å². The van der Waals surface area contributed by atoms with Crippen LogP contribution in [-0.4, -0.2) is 13.0 Å². The van der Waals surface area contributed by atoms with Gasteiger partial charge in [0.05, 0.1) is 13.2 Å². The highest BCUT2D eigenvalue weighted by atomic mass is 16.5. The lowest BCUT2D eigenvalue weighted by molar-refractivity contribution is -0.123. The van der Waals surface area contributed by atoms with Gasteiger partial charge < -0.3 is 10.1 Å². The molecule has 1 amide bonds. The van der Waals surface area contributed by atoms with Crippen molar-refractivity contribution in [2.24, 2.45) is 11.8 Å². The smallest absolute Gasteiger partial charge is 0.223 e. The number of rotatable bonds is 6. The number of methoxy groups -OCH3 is 1. The number of ether oxygens (including phenoxy) is 1. The third kappa shape index (κ3) is 3.98. The zero-order valence-corrected chi connectivity index (χ0v) is 12.0. The van der Waals surface area contributed by atoms with E-state index >= 15 is 0 Å². The minimum absolute atomic E-state index is 0.110. The third-order valence-electron chi connectivity index (χ3n) is 3.49. The van der Waals surface area contributed by atoms with Crippen LogP contribution in [0, 0.1) is 11.8 Å². The molecule has 1 fully saturated rings. The zero-order chi connectivity index (χ0) is 13.8. The molecule has 1 atom stereocenters. The molecule has 1 saturated carbocycles. The van der Waals surface area contributed by atoms with Crippen LogP contribution in [0.5, 0.6) is 5.75 Å². The molecule has 1 aliphatic rings. The molecule has 0 aromatic heterocycles. The summed E-state index contributed by atoms with van der Waals surface area (Å²) < 4.78 is 5.17. The summed E-state index contributed by atoms with van der Waals surface area (Å²) in [5, 5.41) is 3.18. The van der Waals surface area contributed by atoms with Gasteiger partial charge in [0.15, 0.2) is 0 Å². The molecule has 104 valence electrons. The first kappa shape index (κ1) is 13.9. The molecule has 0 aliphatic heterocycles. The van der Waals surface area contributed by atoms with Crippen LogP contribution in [0.15, 0.2) is 24.3 Å². The Balaban J connectivity index is 2.07. The van der Waals surface area contributed by atoms with Crippen molar-refractivity contribution in [2.45, 2.75) is 39.2 Å². The average Bonchev–Trinajstić information content (AvgIpc) is 3.22. The van der Waals surface area contributed by atoms with Crippen molar-refractivity contribution in [3.63, 3.8) is 0 Å². The molecule has 3 nitrogen and oxygen atoms in total. The predicted molar refractivity (Wildman–Crippen MR) is 76.1 cm³/mol. The number of hydrogen-bond donors (Lipinski definition) is 1. The highest BCUT2D eigenvalue weighted by Crippen LogP contribution is 2.31. The summed E-state index contributed by atoms with van der Waals surface area (Å²) in [5.74, 6) is 1.86. The van der Waals surface area contributed by atoms with Gasteiger partial charge in [-0.1, -0.05) is 26.0 Å². The summed E-state index contributed by atoms with van der Waals surface area (Å²) in [6.45, 7) is 4.36. The lowest BCUT2D eigenvalue weighted by Crippen LogP contribution is -2.30. The first-order valence-corrected chi connectivity index (χ1v) is 7.04. The van der Waals surface area contributed by atoms with E-state index in [1.54, 1.807) is 7.11 Å². The SMILES string of the molecule is COc1ccc([C@@H](CC(C)C)NC(=O)C2CC2)cc1. The molecule has 0 heterocycles. The standard InChI is InChI=1S/C16H23NO2/c1-11(2)10-15(17-16(18)13-4-5-13)12-6-8-14(19-3)9-7-12/h6-9,11,13,15H,4-5,10H2,1-3H3,(H,17,18)/t15-/m1/s1. The molecule has 0 bridgehead atoms. The van der Waals surface area contributed by atoms with Gasteiger partial charge in [-0.15, -0.1) is 0 Å². The lowest BCUT2D eigenvalue weighted by atomic mass is 9.96. The Labute approximate surface area is 115 Å². The van der Waals surface area contributed by atoms with Gasteiger partial charge in [-0.2, -0.15) is 0 Å². The monoisotopic (exact) mass is 261 g/mol. The fourth-order valence-electron chi connectivity index (χ4n) is 2.22. The Kier molecular flexibility index (Phi) is 4.46. The molecular formula is C16H23NO2.